The molecule has 0 fully saturated rings. The fraction of sp³-hybridized carbons (Fsp3) is 0.143. The molecule has 0 aliphatic carbocycles. The molecule has 1 amide bonds. The monoisotopic (exact) mass is 477 g/mol. The van der Waals surface area contributed by atoms with Crippen LogP contribution in [0.3, 0.4) is 0 Å². The highest BCUT2D eigenvalue weighted by molar-refractivity contribution is 8.00. The average Bonchev–Trinajstić information content (AvgIpc) is 3.20. The lowest BCUT2D eigenvalue weighted by Crippen LogP contribution is -2.24. The Balaban J connectivity index is 1.57. The highest BCUT2D eigenvalue weighted by Gasteiger charge is 2.34. The van der Waals surface area contributed by atoms with Crippen LogP contribution in [0.15, 0.2) is 66.1 Å². The minimum atomic E-state index is -4.66. The summed E-state index contributed by atoms with van der Waals surface area (Å²) in [7, 11) is 0. The van der Waals surface area contributed by atoms with Gasteiger partial charge in [-0.3, -0.25) is 4.79 Å². The highest BCUT2D eigenvalue weighted by Crippen LogP contribution is 2.37. The minimum Gasteiger partial charge on any atom is -0.325 e. The first-order chi connectivity index (χ1) is 15.2. The third-order valence-corrected chi connectivity index (χ3v) is 5.88. The normalized spacial score (nSPS) is 12.7. The molecular weight excluding hydrogens is 463 g/mol. The van der Waals surface area contributed by atoms with Crippen LogP contribution in [0.25, 0.3) is 16.7 Å². The van der Waals surface area contributed by atoms with Gasteiger partial charge in [0.05, 0.1) is 33.8 Å². The number of nitrogens with zero attached hydrogens (tertiary/aromatic N) is 4. The number of hydrogen-bond acceptors (Lipinski definition) is 5. The lowest BCUT2D eigenvalue weighted by molar-refractivity contribution is -0.137. The number of halogens is 4. The number of carbonyl (C=O) groups is 1. The fourth-order valence-corrected chi connectivity index (χ4v) is 4.04. The predicted octanol–water partition coefficient (Wildman–Crippen LogP) is 5.61. The van der Waals surface area contributed by atoms with Gasteiger partial charge in [0.15, 0.2) is 5.65 Å². The van der Waals surface area contributed by atoms with E-state index in [1.807, 2.05) is 30.3 Å². The van der Waals surface area contributed by atoms with Crippen LogP contribution in [-0.4, -0.2) is 30.9 Å². The molecular formula is C21H15ClF3N5OS. The first-order valence-corrected chi connectivity index (χ1v) is 10.6. The molecule has 0 aliphatic heterocycles. The van der Waals surface area contributed by atoms with Crippen LogP contribution in [0.1, 0.15) is 12.5 Å². The number of nitrogens with one attached hydrogen (secondary N) is 1. The van der Waals surface area contributed by atoms with Crippen molar-refractivity contribution in [1.29, 1.82) is 0 Å². The van der Waals surface area contributed by atoms with Gasteiger partial charge in [-0.1, -0.05) is 41.6 Å². The van der Waals surface area contributed by atoms with Gasteiger partial charge >= 0.3 is 6.18 Å². The van der Waals surface area contributed by atoms with Crippen molar-refractivity contribution >= 4 is 46.0 Å². The molecule has 1 N–H and O–H groups in total. The van der Waals surface area contributed by atoms with Crippen LogP contribution >= 0.6 is 23.4 Å². The maximum Gasteiger partial charge on any atom is 0.418 e. The minimum absolute atomic E-state index is 0.0726. The third-order valence-electron chi connectivity index (χ3n) is 4.53. The van der Waals surface area contributed by atoms with E-state index in [2.05, 4.69) is 20.4 Å². The summed E-state index contributed by atoms with van der Waals surface area (Å²) in [5, 5.41) is 7.00. The molecule has 0 saturated heterocycles. The summed E-state index contributed by atoms with van der Waals surface area (Å²) in [6.45, 7) is 1.58. The maximum absolute atomic E-state index is 13.3. The van der Waals surface area contributed by atoms with Crippen molar-refractivity contribution in [2.75, 3.05) is 5.32 Å². The Morgan fingerprint density at radius 3 is 2.62 bits per heavy atom. The Labute approximate surface area is 189 Å². The second-order valence-electron chi connectivity index (χ2n) is 6.75. The summed E-state index contributed by atoms with van der Waals surface area (Å²) < 4.78 is 41.6. The zero-order valence-corrected chi connectivity index (χ0v) is 18.0. The van der Waals surface area contributed by atoms with Gasteiger partial charge in [-0.05, 0) is 37.3 Å². The van der Waals surface area contributed by atoms with Crippen molar-refractivity contribution in [3.8, 4) is 5.69 Å². The van der Waals surface area contributed by atoms with Crippen molar-refractivity contribution in [3.63, 3.8) is 0 Å². The maximum atomic E-state index is 13.3. The molecule has 1 atom stereocenters. The number of alkyl halides is 3. The molecule has 2 aromatic heterocycles. The molecule has 164 valence electrons. The van der Waals surface area contributed by atoms with E-state index < -0.39 is 22.9 Å². The van der Waals surface area contributed by atoms with Crippen LogP contribution in [0.4, 0.5) is 18.9 Å². The van der Waals surface area contributed by atoms with Crippen molar-refractivity contribution in [3.05, 3.63) is 71.6 Å². The van der Waals surface area contributed by atoms with Crippen LogP contribution in [0.5, 0.6) is 0 Å². The largest absolute Gasteiger partial charge is 0.418 e. The molecule has 6 nitrogen and oxygen atoms in total. The molecule has 11 heteroatoms. The number of rotatable bonds is 5. The van der Waals surface area contributed by atoms with E-state index in [1.165, 1.54) is 12.4 Å². The molecule has 0 spiro atoms. The quantitative estimate of drug-likeness (QED) is 0.299. The molecule has 2 heterocycles. The van der Waals surface area contributed by atoms with E-state index >= 15 is 0 Å². The number of para-hydroxylation sites is 1. The summed E-state index contributed by atoms with van der Waals surface area (Å²) in [6.07, 6.45) is -1.71. The molecule has 4 aromatic rings. The standard InChI is InChI=1S/C21H15ClF3N5OS/c1-12(19(31)29-17-8-7-13(22)9-16(17)21(23,24)25)32-20-15-10-28-30(18(15)26-11-27-20)14-5-3-2-4-6-14/h2-12H,1H3,(H,29,31). The van der Waals surface area contributed by atoms with Gasteiger partial charge < -0.3 is 5.32 Å². The topological polar surface area (TPSA) is 72.7 Å². The second kappa shape index (κ2) is 8.79. The second-order valence-corrected chi connectivity index (χ2v) is 8.51. The van der Waals surface area contributed by atoms with Crippen molar-refractivity contribution in [2.24, 2.45) is 0 Å². The number of hydrogen-bond donors (Lipinski definition) is 1. The Morgan fingerprint density at radius 2 is 1.91 bits per heavy atom. The molecule has 0 bridgehead atoms. The number of anilines is 1. The molecule has 2 aromatic carbocycles. The molecule has 0 radical (unpaired) electrons. The van der Waals surface area contributed by atoms with Gasteiger partial charge in [-0.2, -0.15) is 18.3 Å². The van der Waals surface area contributed by atoms with Crippen LogP contribution < -0.4 is 5.32 Å². The lowest BCUT2D eigenvalue weighted by atomic mass is 10.1. The third kappa shape index (κ3) is 4.56. The molecule has 32 heavy (non-hydrogen) atoms. The summed E-state index contributed by atoms with van der Waals surface area (Å²) in [5.74, 6) is -0.606. The summed E-state index contributed by atoms with van der Waals surface area (Å²) in [5.41, 5.74) is -0.00285. The van der Waals surface area contributed by atoms with E-state index in [1.54, 1.807) is 17.8 Å². The summed E-state index contributed by atoms with van der Waals surface area (Å²) in [4.78, 5) is 21.2. The molecule has 0 saturated carbocycles. The fourth-order valence-electron chi connectivity index (χ4n) is 2.99. The van der Waals surface area contributed by atoms with Crippen LogP contribution in [-0.2, 0) is 11.0 Å². The number of aromatic nitrogens is 4. The predicted molar refractivity (Wildman–Crippen MR) is 117 cm³/mol. The van der Waals surface area contributed by atoms with Crippen LogP contribution in [0, 0.1) is 0 Å². The zero-order chi connectivity index (χ0) is 22.9. The Kier molecular flexibility index (Phi) is 6.07. The van der Waals surface area contributed by atoms with Gasteiger partial charge in [0.1, 0.15) is 11.4 Å². The smallest absolute Gasteiger partial charge is 0.325 e. The highest BCUT2D eigenvalue weighted by atomic mass is 35.5. The van der Waals surface area contributed by atoms with E-state index in [0.717, 1.165) is 29.6 Å². The molecule has 0 aliphatic rings. The van der Waals surface area contributed by atoms with Gasteiger partial charge in [0, 0.05) is 5.02 Å². The van der Waals surface area contributed by atoms with Crippen molar-refractivity contribution in [2.45, 2.75) is 23.4 Å². The number of amides is 1. The van der Waals surface area contributed by atoms with Crippen molar-refractivity contribution < 1.29 is 18.0 Å². The van der Waals surface area contributed by atoms with Crippen molar-refractivity contribution in [1.82, 2.24) is 19.7 Å². The van der Waals surface area contributed by atoms with Gasteiger partial charge in [0.2, 0.25) is 5.91 Å². The SMILES string of the molecule is CC(Sc1ncnc2c1cnn2-c1ccccc1)C(=O)Nc1ccc(Cl)cc1C(F)(F)F. The van der Waals surface area contributed by atoms with E-state index in [0.29, 0.717) is 16.1 Å². The average molecular weight is 478 g/mol. The van der Waals surface area contributed by atoms with Crippen LogP contribution in [0.2, 0.25) is 5.02 Å². The number of thioether (sulfide) groups is 1. The Morgan fingerprint density at radius 1 is 1.16 bits per heavy atom. The first kappa shape index (κ1) is 22.1. The summed E-state index contributed by atoms with van der Waals surface area (Å²) in [6, 6.07) is 12.6. The first-order valence-electron chi connectivity index (χ1n) is 9.32. The van der Waals surface area contributed by atoms with Gasteiger partial charge in [-0.25, -0.2) is 14.6 Å². The molecule has 4 rings (SSSR count). The summed E-state index contributed by atoms with van der Waals surface area (Å²) >= 11 is 6.79. The molecule has 1 unspecified atom stereocenters. The van der Waals surface area contributed by atoms with E-state index in [-0.39, 0.29) is 10.7 Å². The Hall–Kier alpha value is -3.11. The van der Waals surface area contributed by atoms with Gasteiger partial charge in [0.25, 0.3) is 0 Å². The lowest BCUT2D eigenvalue weighted by Gasteiger charge is -2.16. The number of carbonyl (C=O) groups excluding carboxylic acids is 1. The Bertz CT molecular complexity index is 1280. The number of benzene rings is 2. The van der Waals surface area contributed by atoms with Gasteiger partial charge in [-0.15, -0.1) is 0 Å². The van der Waals surface area contributed by atoms with E-state index in [9.17, 15) is 18.0 Å². The number of fused-ring (bicyclic) bond motifs is 1. The zero-order valence-electron chi connectivity index (χ0n) is 16.5. The van der Waals surface area contributed by atoms with E-state index in [4.69, 9.17) is 11.6 Å².